The Bertz CT molecular complexity index is 937. The zero-order chi connectivity index (χ0) is 21.4. The summed E-state index contributed by atoms with van der Waals surface area (Å²) in [7, 11) is -3.80. The Morgan fingerprint density at radius 3 is 2.31 bits per heavy atom. The molecular formula is C18H25N5O4S2. The third-order valence-corrected chi connectivity index (χ3v) is 6.64. The molecule has 29 heavy (non-hydrogen) atoms. The van der Waals surface area contributed by atoms with E-state index >= 15 is 0 Å². The fourth-order valence-corrected chi connectivity index (χ4v) is 4.46. The van der Waals surface area contributed by atoms with Gasteiger partial charge in [0.15, 0.2) is 0 Å². The van der Waals surface area contributed by atoms with Gasteiger partial charge in [-0.15, -0.1) is 10.2 Å². The van der Waals surface area contributed by atoms with Gasteiger partial charge in [-0.2, -0.15) is 0 Å². The molecule has 2 amide bonds. The van der Waals surface area contributed by atoms with E-state index in [0.29, 0.717) is 11.0 Å². The van der Waals surface area contributed by atoms with Crippen LogP contribution < -0.4 is 15.4 Å². The average molecular weight is 440 g/mol. The maximum atomic E-state index is 12.1. The smallest absolute Gasteiger partial charge is 0.245 e. The second kappa shape index (κ2) is 10.4. The minimum absolute atomic E-state index is 0.0678. The lowest BCUT2D eigenvalue weighted by Gasteiger charge is -2.08. The van der Waals surface area contributed by atoms with Gasteiger partial charge >= 0.3 is 0 Å². The molecule has 0 fully saturated rings. The van der Waals surface area contributed by atoms with Crippen molar-refractivity contribution < 1.29 is 18.0 Å². The normalized spacial score (nSPS) is 11.4. The summed E-state index contributed by atoms with van der Waals surface area (Å²) in [4.78, 5) is 23.9. The van der Waals surface area contributed by atoms with Crippen LogP contribution in [0.5, 0.6) is 0 Å². The molecule has 0 aliphatic rings. The molecule has 3 N–H and O–H groups in total. The average Bonchev–Trinajstić information content (AvgIpc) is 3.14. The molecule has 9 nitrogen and oxygen atoms in total. The first-order valence-corrected chi connectivity index (χ1v) is 11.5. The van der Waals surface area contributed by atoms with Gasteiger partial charge < -0.3 is 5.32 Å². The second-order valence-electron chi connectivity index (χ2n) is 6.42. The Kier molecular flexibility index (Phi) is 8.23. The van der Waals surface area contributed by atoms with Gasteiger partial charge in [0.05, 0.1) is 18.0 Å². The Morgan fingerprint density at radius 1 is 1.03 bits per heavy atom. The summed E-state index contributed by atoms with van der Waals surface area (Å²) in [6, 6.07) is 6.25. The van der Waals surface area contributed by atoms with Crippen molar-refractivity contribution in [1.82, 2.24) is 20.2 Å². The number of nitrogens with zero attached hydrogens (tertiary/aromatic N) is 2. The van der Waals surface area contributed by atoms with Crippen molar-refractivity contribution in [3.8, 4) is 0 Å². The molecule has 2 rings (SSSR count). The monoisotopic (exact) mass is 439 g/mol. The molecule has 0 saturated carbocycles. The summed E-state index contributed by atoms with van der Waals surface area (Å²) in [6.45, 7) is 5.20. The molecule has 1 aromatic heterocycles. The largest absolute Gasteiger partial charge is 0.346 e. The van der Waals surface area contributed by atoms with E-state index in [2.05, 4.69) is 39.4 Å². The molecule has 0 atom stereocenters. The van der Waals surface area contributed by atoms with Crippen molar-refractivity contribution >= 4 is 38.3 Å². The topological polar surface area (TPSA) is 130 Å². The van der Waals surface area contributed by atoms with E-state index in [0.717, 1.165) is 23.4 Å². The highest BCUT2D eigenvalue weighted by atomic mass is 32.2. The van der Waals surface area contributed by atoms with Crippen LogP contribution in [0.15, 0.2) is 29.2 Å². The van der Waals surface area contributed by atoms with Crippen LogP contribution in [0.3, 0.4) is 0 Å². The summed E-state index contributed by atoms with van der Waals surface area (Å²) in [6.07, 6.45) is 1.88. The van der Waals surface area contributed by atoms with Crippen LogP contribution in [0.25, 0.3) is 0 Å². The number of amides is 2. The standard InChI is InChI=1S/C18H25N5O4S2/c1-4-13(5-2)17-22-23-18(28-17)21-16(25)10-19-15(24)11-20-29(26,27)14-8-6-12(3)7-9-14/h6-9,13,20H,4-5,10-11H2,1-3H3,(H,19,24)(H,21,23,25). The number of sulfonamides is 1. The molecule has 0 saturated heterocycles. The second-order valence-corrected chi connectivity index (χ2v) is 9.20. The number of aryl methyl sites for hydroxylation is 1. The van der Waals surface area contributed by atoms with E-state index in [1.807, 2.05) is 6.92 Å². The van der Waals surface area contributed by atoms with Crippen LogP contribution in [0, 0.1) is 6.92 Å². The molecule has 0 spiro atoms. The van der Waals surface area contributed by atoms with Gasteiger partial charge in [-0.1, -0.05) is 42.9 Å². The fraction of sp³-hybridized carbons (Fsp3) is 0.444. The lowest BCUT2D eigenvalue weighted by Crippen LogP contribution is -2.40. The van der Waals surface area contributed by atoms with Crippen LogP contribution in [-0.4, -0.2) is 43.5 Å². The molecule has 0 aliphatic carbocycles. The number of hydrogen-bond acceptors (Lipinski definition) is 7. The van der Waals surface area contributed by atoms with Gasteiger partial charge in [0, 0.05) is 5.92 Å². The number of carbonyl (C=O) groups is 2. The summed E-state index contributed by atoms with van der Waals surface area (Å²) in [5.41, 5.74) is 0.926. The first-order valence-electron chi connectivity index (χ1n) is 9.21. The lowest BCUT2D eigenvalue weighted by molar-refractivity contribution is -0.123. The molecule has 158 valence electrons. The number of aromatic nitrogens is 2. The molecule has 0 aliphatic heterocycles. The number of carbonyl (C=O) groups excluding carboxylic acids is 2. The minimum Gasteiger partial charge on any atom is -0.346 e. The minimum atomic E-state index is -3.80. The summed E-state index contributed by atoms with van der Waals surface area (Å²) in [5.74, 6) is -0.780. The van der Waals surface area contributed by atoms with Gasteiger partial charge in [0.1, 0.15) is 5.01 Å². The molecular weight excluding hydrogens is 414 g/mol. The zero-order valence-corrected chi connectivity index (χ0v) is 18.2. The summed E-state index contributed by atoms with van der Waals surface area (Å²) in [5, 5.41) is 14.2. The highest BCUT2D eigenvalue weighted by Crippen LogP contribution is 2.27. The van der Waals surface area contributed by atoms with Crippen molar-refractivity contribution in [2.45, 2.75) is 44.4 Å². The van der Waals surface area contributed by atoms with Gasteiger partial charge in [0.25, 0.3) is 0 Å². The first kappa shape index (κ1) is 22.9. The molecule has 0 bridgehead atoms. The van der Waals surface area contributed by atoms with Crippen molar-refractivity contribution in [1.29, 1.82) is 0 Å². The Hall–Kier alpha value is -2.37. The summed E-state index contributed by atoms with van der Waals surface area (Å²) >= 11 is 1.31. The van der Waals surface area contributed by atoms with E-state index in [1.54, 1.807) is 12.1 Å². The van der Waals surface area contributed by atoms with Crippen LogP contribution in [-0.2, 0) is 19.6 Å². The van der Waals surface area contributed by atoms with Crippen LogP contribution in [0.2, 0.25) is 0 Å². The number of nitrogens with one attached hydrogen (secondary N) is 3. The van der Waals surface area contributed by atoms with E-state index < -0.39 is 28.4 Å². The maximum Gasteiger partial charge on any atom is 0.245 e. The van der Waals surface area contributed by atoms with Crippen molar-refractivity contribution in [3.63, 3.8) is 0 Å². The predicted molar refractivity (Wildman–Crippen MR) is 111 cm³/mol. The van der Waals surface area contributed by atoms with Crippen molar-refractivity contribution in [2.75, 3.05) is 18.4 Å². The first-order chi connectivity index (χ1) is 13.7. The van der Waals surface area contributed by atoms with E-state index in [9.17, 15) is 18.0 Å². The van der Waals surface area contributed by atoms with Gasteiger partial charge in [0.2, 0.25) is 27.0 Å². The quantitative estimate of drug-likeness (QED) is 0.517. The molecule has 1 aromatic carbocycles. The molecule has 1 heterocycles. The summed E-state index contributed by atoms with van der Waals surface area (Å²) < 4.78 is 26.5. The number of hydrogen-bond donors (Lipinski definition) is 3. The number of anilines is 1. The van der Waals surface area contributed by atoms with Gasteiger partial charge in [-0.3, -0.25) is 14.9 Å². The van der Waals surface area contributed by atoms with Crippen molar-refractivity contribution in [2.24, 2.45) is 0 Å². The van der Waals surface area contributed by atoms with E-state index in [1.165, 1.54) is 23.5 Å². The van der Waals surface area contributed by atoms with Crippen LogP contribution in [0.4, 0.5) is 5.13 Å². The van der Waals surface area contributed by atoms with E-state index in [-0.39, 0.29) is 11.4 Å². The van der Waals surface area contributed by atoms with Crippen LogP contribution in [0.1, 0.15) is 43.2 Å². The maximum absolute atomic E-state index is 12.1. The van der Waals surface area contributed by atoms with Gasteiger partial charge in [-0.25, -0.2) is 13.1 Å². The van der Waals surface area contributed by atoms with Crippen LogP contribution >= 0.6 is 11.3 Å². The SMILES string of the molecule is CCC(CC)c1nnc(NC(=O)CNC(=O)CNS(=O)(=O)c2ccc(C)cc2)s1. The number of benzene rings is 1. The lowest BCUT2D eigenvalue weighted by atomic mass is 10.1. The zero-order valence-electron chi connectivity index (χ0n) is 16.6. The van der Waals surface area contributed by atoms with Crippen molar-refractivity contribution in [3.05, 3.63) is 34.8 Å². The third kappa shape index (κ3) is 6.87. The molecule has 0 radical (unpaired) electrons. The molecule has 11 heteroatoms. The third-order valence-electron chi connectivity index (χ3n) is 4.22. The Morgan fingerprint density at radius 2 is 1.69 bits per heavy atom. The highest BCUT2D eigenvalue weighted by Gasteiger charge is 2.17. The molecule has 0 unspecified atom stereocenters. The fourth-order valence-electron chi connectivity index (χ4n) is 2.45. The predicted octanol–water partition coefficient (Wildman–Crippen LogP) is 1.78. The Labute approximate surface area is 174 Å². The van der Waals surface area contributed by atoms with E-state index in [4.69, 9.17) is 0 Å². The number of rotatable bonds is 10. The van der Waals surface area contributed by atoms with Gasteiger partial charge in [-0.05, 0) is 31.9 Å². The molecule has 2 aromatic rings. The Balaban J connectivity index is 1.78. The highest BCUT2D eigenvalue weighted by molar-refractivity contribution is 7.89.